The van der Waals surface area contributed by atoms with Gasteiger partial charge in [0.2, 0.25) is 10.0 Å². The number of nitrogens with zero attached hydrogens (tertiary/aromatic N) is 1. The summed E-state index contributed by atoms with van der Waals surface area (Å²) in [5, 5.41) is 7.86. The zero-order valence-electron chi connectivity index (χ0n) is 8.80. The van der Waals surface area contributed by atoms with E-state index in [0.29, 0.717) is 11.4 Å². The second-order valence-electron chi connectivity index (χ2n) is 3.62. The van der Waals surface area contributed by atoms with E-state index in [1.54, 1.807) is 7.05 Å². The minimum absolute atomic E-state index is 0.0480. The number of sulfonamides is 1. The molecule has 1 fully saturated rings. The first-order chi connectivity index (χ1) is 7.52. The fourth-order valence-electron chi connectivity index (χ4n) is 1.34. The van der Waals surface area contributed by atoms with Crippen LogP contribution >= 0.6 is 0 Å². The summed E-state index contributed by atoms with van der Waals surface area (Å²) in [5.74, 6) is 0.427. The fraction of sp³-hybridized carbons (Fsp3) is 0.444. The average Bonchev–Trinajstić information content (AvgIpc) is 3.00. The van der Waals surface area contributed by atoms with Gasteiger partial charge in [-0.3, -0.25) is 4.98 Å². The molecule has 0 amide bonds. The van der Waals surface area contributed by atoms with Crippen molar-refractivity contribution < 1.29 is 13.2 Å². The number of anilines is 1. The molecule has 0 unspecified atom stereocenters. The van der Waals surface area contributed by atoms with Crippen molar-refractivity contribution in [2.75, 3.05) is 12.4 Å². The fourth-order valence-corrected chi connectivity index (χ4v) is 2.04. The van der Waals surface area contributed by atoms with Gasteiger partial charge in [0.05, 0.1) is 12.3 Å². The minimum atomic E-state index is -3.79. The monoisotopic (exact) mass is 243 g/mol. The van der Waals surface area contributed by atoms with Gasteiger partial charge in [-0.2, -0.15) is 0 Å². The van der Waals surface area contributed by atoms with E-state index in [0.717, 1.165) is 12.8 Å². The van der Waals surface area contributed by atoms with Crippen molar-refractivity contribution in [3.63, 3.8) is 0 Å². The highest BCUT2D eigenvalue weighted by Gasteiger charge is 2.26. The van der Waals surface area contributed by atoms with Gasteiger partial charge in [-0.05, 0) is 12.8 Å². The van der Waals surface area contributed by atoms with E-state index in [1.807, 2.05) is 0 Å². The lowest BCUT2D eigenvalue weighted by atomic mass is 10.4. The van der Waals surface area contributed by atoms with Crippen LogP contribution in [-0.2, 0) is 10.0 Å². The number of pyridine rings is 1. The zero-order valence-corrected chi connectivity index (χ0v) is 9.62. The van der Waals surface area contributed by atoms with Gasteiger partial charge in [0.1, 0.15) is 10.6 Å². The van der Waals surface area contributed by atoms with Gasteiger partial charge in [-0.15, -0.1) is 0 Å². The van der Waals surface area contributed by atoms with E-state index in [-0.39, 0.29) is 11.0 Å². The third kappa shape index (κ3) is 2.25. The number of hydrogen-bond donors (Lipinski definition) is 2. The number of rotatable bonds is 4. The Kier molecular flexibility index (Phi) is 2.73. The summed E-state index contributed by atoms with van der Waals surface area (Å²) in [7, 11) is -2.17. The largest absolute Gasteiger partial charge is 0.487 e. The Bertz CT molecular complexity index is 497. The Morgan fingerprint density at radius 1 is 1.50 bits per heavy atom. The molecule has 3 N–H and O–H groups in total. The summed E-state index contributed by atoms with van der Waals surface area (Å²) < 4.78 is 28.2. The van der Waals surface area contributed by atoms with Gasteiger partial charge >= 0.3 is 0 Å². The van der Waals surface area contributed by atoms with Crippen LogP contribution in [0, 0.1) is 0 Å². The standard InChI is InChI=1S/C9H13N3O3S/c1-11-9-7(15-6-2-3-6)4-12-5-8(9)16(10,13)14/h4-6H,2-3H2,1H3,(H,11,12)(H2,10,13,14). The summed E-state index contributed by atoms with van der Waals surface area (Å²) in [6.45, 7) is 0. The highest BCUT2D eigenvalue weighted by Crippen LogP contribution is 2.34. The number of hydrogen-bond acceptors (Lipinski definition) is 5. The van der Waals surface area contributed by atoms with E-state index in [1.165, 1.54) is 12.4 Å². The third-order valence-corrected chi connectivity index (χ3v) is 3.17. The molecule has 0 aliphatic heterocycles. The number of nitrogens with two attached hydrogens (primary N) is 1. The van der Waals surface area contributed by atoms with Crippen LogP contribution in [0.25, 0.3) is 0 Å². The highest BCUT2D eigenvalue weighted by atomic mass is 32.2. The smallest absolute Gasteiger partial charge is 0.241 e. The molecule has 88 valence electrons. The molecule has 0 atom stereocenters. The summed E-state index contributed by atoms with van der Waals surface area (Å²) >= 11 is 0. The number of aromatic nitrogens is 1. The summed E-state index contributed by atoms with van der Waals surface area (Å²) in [6, 6.07) is 0. The van der Waals surface area contributed by atoms with Crippen molar-refractivity contribution in [3.05, 3.63) is 12.4 Å². The molecule has 1 saturated carbocycles. The first kappa shape index (κ1) is 11.2. The molecule has 0 saturated heterocycles. The van der Waals surface area contributed by atoms with Crippen molar-refractivity contribution in [3.8, 4) is 5.75 Å². The van der Waals surface area contributed by atoms with Crippen LogP contribution in [0.1, 0.15) is 12.8 Å². The van der Waals surface area contributed by atoms with Crippen molar-refractivity contribution in [1.82, 2.24) is 4.98 Å². The molecule has 0 aromatic carbocycles. The van der Waals surface area contributed by atoms with Gasteiger partial charge in [0.15, 0.2) is 5.75 Å². The van der Waals surface area contributed by atoms with Gasteiger partial charge in [0.25, 0.3) is 0 Å². The van der Waals surface area contributed by atoms with Crippen LogP contribution in [0.4, 0.5) is 5.69 Å². The molecule has 1 aliphatic rings. The number of ether oxygens (including phenoxy) is 1. The molecule has 1 aromatic rings. The van der Waals surface area contributed by atoms with Gasteiger partial charge in [-0.1, -0.05) is 0 Å². The Morgan fingerprint density at radius 3 is 2.69 bits per heavy atom. The van der Waals surface area contributed by atoms with Crippen LogP contribution in [0.3, 0.4) is 0 Å². The topological polar surface area (TPSA) is 94.3 Å². The Labute approximate surface area is 93.9 Å². The molecular formula is C9H13N3O3S. The summed E-state index contributed by atoms with van der Waals surface area (Å²) in [4.78, 5) is 3.77. The lowest BCUT2D eigenvalue weighted by Crippen LogP contribution is -2.15. The lowest BCUT2D eigenvalue weighted by Gasteiger charge is -2.12. The van der Waals surface area contributed by atoms with Gasteiger partial charge < -0.3 is 10.1 Å². The molecule has 0 spiro atoms. The van der Waals surface area contributed by atoms with E-state index in [2.05, 4.69) is 10.3 Å². The Hall–Kier alpha value is -1.34. The molecule has 1 aromatic heterocycles. The maximum absolute atomic E-state index is 11.3. The van der Waals surface area contributed by atoms with E-state index in [4.69, 9.17) is 9.88 Å². The Balaban J connectivity index is 2.45. The molecule has 0 radical (unpaired) electrons. The predicted octanol–water partition coefficient (Wildman–Crippen LogP) is 0.312. The minimum Gasteiger partial charge on any atom is -0.487 e. The predicted molar refractivity (Wildman–Crippen MR) is 58.8 cm³/mol. The maximum atomic E-state index is 11.3. The molecular weight excluding hydrogens is 230 g/mol. The summed E-state index contributed by atoms with van der Waals surface area (Å²) in [5.41, 5.74) is 0.365. The molecule has 1 heterocycles. The average molecular weight is 243 g/mol. The molecule has 16 heavy (non-hydrogen) atoms. The SMILES string of the molecule is CNc1c(OC2CC2)cncc1S(N)(=O)=O. The second-order valence-corrected chi connectivity index (χ2v) is 5.15. The third-order valence-electron chi connectivity index (χ3n) is 2.25. The van der Waals surface area contributed by atoms with Crippen LogP contribution in [0.2, 0.25) is 0 Å². The highest BCUT2D eigenvalue weighted by molar-refractivity contribution is 7.89. The Morgan fingerprint density at radius 2 is 2.19 bits per heavy atom. The van der Waals surface area contributed by atoms with Crippen LogP contribution in [-0.4, -0.2) is 26.6 Å². The van der Waals surface area contributed by atoms with E-state index >= 15 is 0 Å². The van der Waals surface area contributed by atoms with Crippen LogP contribution in [0.5, 0.6) is 5.75 Å². The maximum Gasteiger partial charge on any atom is 0.241 e. The normalized spacial score (nSPS) is 15.9. The number of nitrogens with one attached hydrogen (secondary N) is 1. The van der Waals surface area contributed by atoms with E-state index < -0.39 is 10.0 Å². The number of primary sulfonamides is 1. The molecule has 6 nitrogen and oxygen atoms in total. The molecule has 7 heteroatoms. The summed E-state index contributed by atoms with van der Waals surface area (Å²) in [6.07, 6.45) is 4.84. The second kappa shape index (κ2) is 3.91. The van der Waals surface area contributed by atoms with Crippen LogP contribution < -0.4 is 15.2 Å². The molecule has 1 aliphatic carbocycles. The zero-order chi connectivity index (χ0) is 11.8. The van der Waals surface area contributed by atoms with E-state index in [9.17, 15) is 8.42 Å². The quantitative estimate of drug-likeness (QED) is 0.793. The lowest BCUT2D eigenvalue weighted by molar-refractivity contribution is 0.302. The van der Waals surface area contributed by atoms with Gasteiger partial charge in [-0.25, -0.2) is 13.6 Å². The van der Waals surface area contributed by atoms with Crippen molar-refractivity contribution in [2.24, 2.45) is 5.14 Å². The van der Waals surface area contributed by atoms with Crippen molar-refractivity contribution >= 4 is 15.7 Å². The first-order valence-electron chi connectivity index (χ1n) is 4.87. The van der Waals surface area contributed by atoms with Crippen molar-refractivity contribution in [2.45, 2.75) is 23.8 Å². The molecule has 0 bridgehead atoms. The van der Waals surface area contributed by atoms with Crippen LogP contribution in [0.15, 0.2) is 17.3 Å². The van der Waals surface area contributed by atoms with Gasteiger partial charge in [0, 0.05) is 13.2 Å². The first-order valence-corrected chi connectivity index (χ1v) is 6.42. The van der Waals surface area contributed by atoms with Crippen molar-refractivity contribution in [1.29, 1.82) is 0 Å². The molecule has 2 rings (SSSR count).